The van der Waals surface area contributed by atoms with E-state index in [9.17, 15) is 5.11 Å². The number of nitrogens with zero attached hydrogens (tertiary/aromatic N) is 1. The molecule has 0 amide bonds. The Hall–Kier alpha value is -1.26. The largest absolute Gasteiger partial charge is 0.489 e. The van der Waals surface area contributed by atoms with E-state index in [1.807, 2.05) is 13.8 Å². The topological polar surface area (TPSA) is 44.7 Å². The zero-order valence-corrected chi connectivity index (χ0v) is 14.7. The minimum Gasteiger partial charge on any atom is -0.489 e. The van der Waals surface area contributed by atoms with Crippen LogP contribution in [0.1, 0.15) is 40.2 Å². The van der Waals surface area contributed by atoms with Crippen molar-refractivity contribution < 1.29 is 9.84 Å². The van der Waals surface area contributed by atoms with E-state index in [1.165, 1.54) is 5.56 Å². The van der Waals surface area contributed by atoms with Gasteiger partial charge < -0.3 is 20.1 Å². The van der Waals surface area contributed by atoms with E-state index in [2.05, 4.69) is 49.2 Å². The quantitative estimate of drug-likeness (QED) is 0.697. The van der Waals surface area contributed by atoms with Crippen molar-refractivity contribution in [2.75, 3.05) is 31.1 Å². The molecule has 0 saturated carbocycles. The third-order valence-corrected chi connectivity index (χ3v) is 3.36. The van der Waals surface area contributed by atoms with Gasteiger partial charge in [0.05, 0.1) is 18.4 Å². The van der Waals surface area contributed by atoms with Crippen molar-refractivity contribution in [3.8, 4) is 5.75 Å². The van der Waals surface area contributed by atoms with E-state index in [4.69, 9.17) is 4.74 Å². The second-order valence-electron chi connectivity index (χ2n) is 6.30. The molecule has 0 spiro atoms. The molecule has 0 atom stereocenters. The second kappa shape index (κ2) is 9.70. The highest BCUT2D eigenvalue weighted by Gasteiger charge is 2.13. The maximum atomic E-state index is 9.23. The van der Waals surface area contributed by atoms with Gasteiger partial charge in [-0.3, -0.25) is 0 Å². The van der Waals surface area contributed by atoms with Gasteiger partial charge in [0.1, 0.15) is 5.75 Å². The molecular weight excluding hydrogens is 276 g/mol. The lowest BCUT2D eigenvalue weighted by Gasteiger charge is -2.26. The Balaban J connectivity index is 2.91. The van der Waals surface area contributed by atoms with Crippen molar-refractivity contribution in [1.82, 2.24) is 5.32 Å². The van der Waals surface area contributed by atoms with Crippen molar-refractivity contribution in [3.63, 3.8) is 0 Å². The summed E-state index contributed by atoms with van der Waals surface area (Å²) in [6.45, 7) is 14.0. The fraction of sp³-hybridized carbons (Fsp3) is 0.667. The first kappa shape index (κ1) is 18.8. The second-order valence-corrected chi connectivity index (χ2v) is 6.30. The van der Waals surface area contributed by atoms with Crippen molar-refractivity contribution >= 4 is 5.69 Å². The van der Waals surface area contributed by atoms with Gasteiger partial charge in [-0.1, -0.05) is 19.9 Å². The van der Waals surface area contributed by atoms with Crippen molar-refractivity contribution in [1.29, 1.82) is 0 Å². The Morgan fingerprint density at radius 2 is 1.95 bits per heavy atom. The minimum atomic E-state index is 0.130. The lowest BCUT2D eigenvalue weighted by Crippen LogP contribution is -2.27. The van der Waals surface area contributed by atoms with E-state index in [0.29, 0.717) is 12.5 Å². The molecule has 0 aliphatic carbocycles. The predicted molar refractivity (Wildman–Crippen MR) is 93.7 cm³/mol. The van der Waals surface area contributed by atoms with E-state index in [1.54, 1.807) is 0 Å². The van der Waals surface area contributed by atoms with Gasteiger partial charge in [0, 0.05) is 19.6 Å². The molecule has 0 radical (unpaired) electrons. The molecule has 4 heteroatoms. The van der Waals surface area contributed by atoms with Crippen LogP contribution in [0.2, 0.25) is 0 Å². The van der Waals surface area contributed by atoms with Gasteiger partial charge in [-0.2, -0.15) is 0 Å². The fourth-order valence-corrected chi connectivity index (χ4v) is 2.35. The Bertz CT molecular complexity index is 433. The van der Waals surface area contributed by atoms with Crippen LogP contribution in [0.3, 0.4) is 0 Å². The van der Waals surface area contributed by atoms with Crippen molar-refractivity contribution in [2.45, 2.75) is 47.3 Å². The summed E-state index contributed by atoms with van der Waals surface area (Å²) >= 11 is 0. The predicted octanol–water partition coefficient (Wildman–Crippen LogP) is 3.04. The van der Waals surface area contributed by atoms with Gasteiger partial charge in [-0.25, -0.2) is 0 Å². The summed E-state index contributed by atoms with van der Waals surface area (Å²) in [5.41, 5.74) is 2.28. The van der Waals surface area contributed by atoms with Gasteiger partial charge in [-0.05, 0) is 50.9 Å². The number of ether oxygens (including phenoxy) is 1. The summed E-state index contributed by atoms with van der Waals surface area (Å²) in [6, 6.07) is 6.35. The van der Waals surface area contributed by atoms with Crippen LogP contribution in [-0.2, 0) is 6.54 Å². The lowest BCUT2D eigenvalue weighted by molar-refractivity contribution is 0.242. The van der Waals surface area contributed by atoms with Crippen LogP contribution in [0.5, 0.6) is 5.75 Å². The third-order valence-electron chi connectivity index (χ3n) is 3.36. The van der Waals surface area contributed by atoms with E-state index < -0.39 is 0 Å². The number of aliphatic hydroxyl groups excluding tert-OH is 1. The first-order chi connectivity index (χ1) is 10.5. The first-order valence-electron chi connectivity index (χ1n) is 8.34. The van der Waals surface area contributed by atoms with Crippen LogP contribution in [-0.4, -0.2) is 37.5 Å². The number of hydrogen-bond acceptors (Lipinski definition) is 4. The average molecular weight is 308 g/mol. The van der Waals surface area contributed by atoms with Crippen LogP contribution in [0, 0.1) is 5.92 Å². The van der Waals surface area contributed by atoms with Crippen LogP contribution in [0.4, 0.5) is 5.69 Å². The number of aliphatic hydroxyl groups is 1. The minimum absolute atomic E-state index is 0.130. The summed E-state index contributed by atoms with van der Waals surface area (Å²) < 4.78 is 5.99. The van der Waals surface area contributed by atoms with Crippen LogP contribution in [0.25, 0.3) is 0 Å². The Kier molecular flexibility index (Phi) is 8.28. The number of nitrogens with one attached hydrogen (secondary N) is 1. The van der Waals surface area contributed by atoms with Gasteiger partial charge >= 0.3 is 0 Å². The van der Waals surface area contributed by atoms with Crippen LogP contribution >= 0.6 is 0 Å². The third kappa shape index (κ3) is 6.24. The molecule has 1 aromatic rings. The van der Waals surface area contributed by atoms with Crippen molar-refractivity contribution in [3.05, 3.63) is 23.8 Å². The molecule has 4 nitrogen and oxygen atoms in total. The van der Waals surface area contributed by atoms with Gasteiger partial charge in [0.2, 0.25) is 0 Å². The molecule has 126 valence electrons. The molecule has 0 heterocycles. The lowest BCUT2D eigenvalue weighted by atomic mass is 10.1. The maximum Gasteiger partial charge on any atom is 0.143 e. The molecule has 0 aromatic heterocycles. The number of anilines is 1. The SMILES string of the molecule is CCN(CCO)c1ccc(CNCC(C)C)cc1OC(C)C. The molecule has 0 unspecified atom stereocenters. The molecule has 0 aliphatic heterocycles. The maximum absolute atomic E-state index is 9.23. The number of benzene rings is 1. The molecule has 2 N–H and O–H groups in total. The zero-order chi connectivity index (χ0) is 16.5. The summed E-state index contributed by atoms with van der Waals surface area (Å²) in [4.78, 5) is 2.14. The summed E-state index contributed by atoms with van der Waals surface area (Å²) in [6.07, 6.45) is 0.130. The first-order valence-corrected chi connectivity index (χ1v) is 8.34. The highest BCUT2D eigenvalue weighted by Crippen LogP contribution is 2.30. The molecule has 0 saturated heterocycles. The molecular formula is C18H32N2O2. The van der Waals surface area contributed by atoms with Crippen molar-refractivity contribution in [2.24, 2.45) is 5.92 Å². The fourth-order valence-electron chi connectivity index (χ4n) is 2.35. The summed E-state index contributed by atoms with van der Waals surface area (Å²) in [7, 11) is 0. The van der Waals surface area contributed by atoms with Gasteiger partial charge in [0.25, 0.3) is 0 Å². The number of hydrogen-bond donors (Lipinski definition) is 2. The highest BCUT2D eigenvalue weighted by atomic mass is 16.5. The molecule has 1 aromatic carbocycles. The molecule has 1 rings (SSSR count). The monoisotopic (exact) mass is 308 g/mol. The number of rotatable bonds is 10. The average Bonchev–Trinajstić information content (AvgIpc) is 2.44. The summed E-state index contributed by atoms with van der Waals surface area (Å²) in [5, 5.41) is 12.7. The Morgan fingerprint density at radius 1 is 1.23 bits per heavy atom. The van der Waals surface area contributed by atoms with Crippen LogP contribution in [0.15, 0.2) is 18.2 Å². The van der Waals surface area contributed by atoms with Crippen LogP contribution < -0.4 is 15.0 Å². The molecule has 0 aliphatic rings. The normalized spacial score (nSPS) is 11.3. The van der Waals surface area contributed by atoms with Gasteiger partial charge in [-0.15, -0.1) is 0 Å². The number of likely N-dealkylation sites (N-methyl/N-ethyl adjacent to an activating group) is 1. The smallest absolute Gasteiger partial charge is 0.143 e. The Labute approximate surface area is 135 Å². The highest BCUT2D eigenvalue weighted by molar-refractivity contribution is 5.60. The zero-order valence-electron chi connectivity index (χ0n) is 14.7. The molecule has 0 bridgehead atoms. The summed E-state index contributed by atoms with van der Waals surface area (Å²) in [5.74, 6) is 1.54. The molecule has 0 fully saturated rings. The standard InChI is InChI=1S/C18H32N2O2/c1-6-20(9-10-21)17-8-7-16(13-19-12-14(2)3)11-18(17)22-15(4)5/h7-8,11,14-15,19,21H,6,9-10,12-13H2,1-5H3. The van der Waals surface area contributed by atoms with E-state index in [0.717, 1.165) is 31.1 Å². The van der Waals surface area contributed by atoms with E-state index >= 15 is 0 Å². The molecule has 22 heavy (non-hydrogen) atoms. The Morgan fingerprint density at radius 3 is 2.50 bits per heavy atom. The van der Waals surface area contributed by atoms with Gasteiger partial charge in [0.15, 0.2) is 0 Å². The van der Waals surface area contributed by atoms with E-state index in [-0.39, 0.29) is 12.7 Å².